The molecule has 11 rings (SSSR count). The van der Waals surface area contributed by atoms with Crippen LogP contribution < -0.4 is 4.90 Å². The summed E-state index contributed by atoms with van der Waals surface area (Å²) in [5.41, 5.74) is 3.18. The van der Waals surface area contributed by atoms with Gasteiger partial charge in [-0.1, -0.05) is 133 Å². The van der Waals surface area contributed by atoms with Crippen molar-refractivity contribution in [1.29, 1.82) is 0 Å². The number of fused-ring (bicyclic) bond motifs is 8. The van der Waals surface area contributed by atoms with E-state index in [4.69, 9.17) is 14.0 Å². The average molecular weight is 705 g/mol. The van der Waals surface area contributed by atoms with Crippen molar-refractivity contribution in [3.8, 4) is 22.3 Å². The smallest absolute Gasteiger partial charge is 0.136 e. The van der Waals surface area contributed by atoms with Gasteiger partial charge in [-0.25, -0.2) is 0 Å². The monoisotopic (exact) mass is 704 g/mol. The number of benzene rings is 9. The highest BCUT2D eigenvalue weighted by molar-refractivity contribution is 7.25. The van der Waals surface area contributed by atoms with Crippen LogP contribution in [0.5, 0.6) is 0 Å². The topological polar surface area (TPSA) is 16.4 Å². The molecule has 0 radical (unpaired) electrons. The summed E-state index contributed by atoms with van der Waals surface area (Å²) in [6.07, 6.45) is 0. The molecule has 0 spiro atoms. The third-order valence-electron chi connectivity index (χ3n) is 9.76. The Morgan fingerprint density at radius 2 is 1.19 bits per heavy atom. The molecule has 0 aliphatic carbocycles. The summed E-state index contributed by atoms with van der Waals surface area (Å²) in [5, 5.41) is 5.04. The fourth-order valence-corrected chi connectivity index (χ4v) is 8.46. The van der Waals surface area contributed by atoms with Gasteiger partial charge in [0.25, 0.3) is 0 Å². The molecule has 0 unspecified atom stereocenters. The Labute approximate surface area is 325 Å². The van der Waals surface area contributed by atoms with Crippen molar-refractivity contribution in [2.75, 3.05) is 4.90 Å². The standard InChI is InChI=1S/C50H31NOS/c1-2-11-36-29-37(24-21-32(36)9-1)33-19-22-35(23-20-33)41-15-8-17-47-50(41)44-30-38(26-28-46(44)52-47)51(45-16-7-12-34-10-3-4-13-40(34)45)39-25-27-43-42-14-5-6-18-48(42)53-49(43)31-39/h1-31H/i1D,2D,9D,11D,19D,20D,21D,22D,23D,24D,29D. The van der Waals surface area contributed by atoms with E-state index in [0.29, 0.717) is 27.5 Å². The van der Waals surface area contributed by atoms with Gasteiger partial charge in [-0.15, -0.1) is 11.3 Å². The van der Waals surface area contributed by atoms with Gasteiger partial charge in [0, 0.05) is 47.7 Å². The summed E-state index contributed by atoms with van der Waals surface area (Å²) >= 11 is 1.73. The maximum Gasteiger partial charge on any atom is 0.136 e. The first-order chi connectivity index (χ1) is 30.8. The van der Waals surface area contributed by atoms with Crippen molar-refractivity contribution in [3.63, 3.8) is 0 Å². The maximum absolute atomic E-state index is 9.39. The fourth-order valence-electron chi connectivity index (χ4n) is 7.32. The average Bonchev–Trinajstić information content (AvgIpc) is 3.87. The van der Waals surface area contributed by atoms with E-state index in [1.54, 1.807) is 29.5 Å². The van der Waals surface area contributed by atoms with E-state index >= 15 is 0 Å². The molecule has 53 heavy (non-hydrogen) atoms. The molecule has 0 aliphatic heterocycles. The molecule has 0 N–H and O–H groups in total. The second-order valence-electron chi connectivity index (χ2n) is 12.8. The SMILES string of the molecule is [2H]c1c([2H])c(-c2cccc3oc4ccc(N(c5ccc6c(c5)sc5ccccc56)c5cccc6ccccc56)cc4c23)c([2H])c([2H])c1-c1c([2H])c([2H])c2c([2H])c([2H])c([2H])c([2H])c2c1[2H]. The summed E-state index contributed by atoms with van der Waals surface area (Å²) in [6, 6.07) is 34.1. The molecule has 0 fully saturated rings. The maximum atomic E-state index is 9.39. The molecule has 0 saturated heterocycles. The highest BCUT2D eigenvalue weighted by Crippen LogP contribution is 2.45. The number of rotatable bonds is 5. The summed E-state index contributed by atoms with van der Waals surface area (Å²) < 4.78 is 106. The van der Waals surface area contributed by atoms with Gasteiger partial charge >= 0.3 is 0 Å². The molecule has 0 aliphatic rings. The fraction of sp³-hybridized carbons (Fsp3) is 0. The first kappa shape index (κ1) is 21.0. The van der Waals surface area contributed by atoms with E-state index in [1.807, 2.05) is 42.5 Å². The van der Waals surface area contributed by atoms with Gasteiger partial charge in [0.2, 0.25) is 0 Å². The lowest BCUT2D eigenvalue weighted by Gasteiger charge is -2.27. The van der Waals surface area contributed by atoms with Crippen LogP contribution in [0.15, 0.2) is 192 Å². The molecule has 11 aromatic rings. The molecule has 248 valence electrons. The third kappa shape index (κ3) is 4.93. The number of anilines is 3. The lowest BCUT2D eigenvalue weighted by atomic mass is 9.96. The normalized spacial score (nSPS) is 14.7. The minimum Gasteiger partial charge on any atom is -0.456 e. The van der Waals surface area contributed by atoms with Gasteiger partial charge in [0.15, 0.2) is 0 Å². The van der Waals surface area contributed by atoms with Gasteiger partial charge in [0.05, 0.1) is 20.8 Å². The molecule has 2 heterocycles. The van der Waals surface area contributed by atoms with Crippen molar-refractivity contribution >= 4 is 92.1 Å². The number of hydrogen-bond acceptors (Lipinski definition) is 3. The minimum atomic E-state index is -0.645. The Balaban J connectivity index is 1.13. The molecular formula is C50H31NOS. The number of thiophene rings is 1. The summed E-state index contributed by atoms with van der Waals surface area (Å²) in [5.74, 6) is 0. The third-order valence-corrected chi connectivity index (χ3v) is 10.9. The molecule has 0 bridgehead atoms. The lowest BCUT2D eigenvalue weighted by Crippen LogP contribution is -2.10. The van der Waals surface area contributed by atoms with Gasteiger partial charge in [-0.2, -0.15) is 0 Å². The molecule has 0 atom stereocenters. The number of furan rings is 1. The van der Waals surface area contributed by atoms with Crippen molar-refractivity contribution in [2.24, 2.45) is 0 Å². The zero-order valence-electron chi connectivity index (χ0n) is 38.8. The van der Waals surface area contributed by atoms with Crippen molar-refractivity contribution in [2.45, 2.75) is 0 Å². The quantitative estimate of drug-likeness (QED) is 0.177. The Hall–Kier alpha value is -6.68. The van der Waals surface area contributed by atoms with E-state index in [0.717, 1.165) is 32.5 Å². The van der Waals surface area contributed by atoms with Gasteiger partial charge < -0.3 is 9.32 Å². The molecular weight excluding hydrogens is 663 g/mol. The molecule has 9 aromatic carbocycles. The predicted molar refractivity (Wildman–Crippen MR) is 227 cm³/mol. The van der Waals surface area contributed by atoms with Gasteiger partial charge in [0.1, 0.15) is 11.2 Å². The Kier molecular flexibility index (Phi) is 4.73. The van der Waals surface area contributed by atoms with E-state index in [-0.39, 0.29) is 16.3 Å². The second kappa shape index (κ2) is 11.9. The van der Waals surface area contributed by atoms with Gasteiger partial charge in [-0.05, 0) is 93.0 Å². The van der Waals surface area contributed by atoms with Crippen molar-refractivity contribution in [1.82, 2.24) is 0 Å². The highest BCUT2D eigenvalue weighted by Gasteiger charge is 2.20. The van der Waals surface area contributed by atoms with E-state index in [2.05, 4.69) is 65.6 Å². The summed E-state index contributed by atoms with van der Waals surface area (Å²) in [4.78, 5) is 2.21. The lowest BCUT2D eigenvalue weighted by molar-refractivity contribution is 0.669. The van der Waals surface area contributed by atoms with Gasteiger partial charge in [-0.3, -0.25) is 0 Å². The van der Waals surface area contributed by atoms with Crippen LogP contribution >= 0.6 is 11.3 Å². The molecule has 3 heteroatoms. The Morgan fingerprint density at radius 3 is 2.11 bits per heavy atom. The van der Waals surface area contributed by atoms with Crippen LogP contribution in [-0.4, -0.2) is 0 Å². The van der Waals surface area contributed by atoms with Crippen LogP contribution in [0.2, 0.25) is 0 Å². The molecule has 2 aromatic heterocycles. The van der Waals surface area contributed by atoms with Crippen molar-refractivity contribution < 1.29 is 19.5 Å². The molecule has 0 amide bonds. The van der Waals surface area contributed by atoms with Crippen molar-refractivity contribution in [3.05, 3.63) is 188 Å². The minimum absolute atomic E-state index is 0.0366. The first-order valence-corrected chi connectivity index (χ1v) is 17.9. The van der Waals surface area contributed by atoms with Crippen LogP contribution in [0.3, 0.4) is 0 Å². The summed E-state index contributed by atoms with van der Waals surface area (Å²) in [6.45, 7) is 0. The zero-order chi connectivity index (χ0) is 44.5. The zero-order valence-corrected chi connectivity index (χ0v) is 28.6. The second-order valence-corrected chi connectivity index (χ2v) is 13.9. The highest BCUT2D eigenvalue weighted by atomic mass is 32.1. The summed E-state index contributed by atoms with van der Waals surface area (Å²) in [7, 11) is 0. The van der Waals surface area contributed by atoms with E-state index in [1.165, 1.54) is 15.5 Å². The first-order valence-electron chi connectivity index (χ1n) is 22.6. The Bertz CT molecular complexity index is 3810. The number of hydrogen-bond donors (Lipinski definition) is 0. The van der Waals surface area contributed by atoms with Crippen LogP contribution in [0.25, 0.3) is 85.9 Å². The van der Waals surface area contributed by atoms with Crippen LogP contribution in [-0.2, 0) is 0 Å². The van der Waals surface area contributed by atoms with E-state index < -0.39 is 77.6 Å². The van der Waals surface area contributed by atoms with Crippen LogP contribution in [0, 0.1) is 0 Å². The number of nitrogens with zero attached hydrogens (tertiary/aromatic N) is 1. The van der Waals surface area contributed by atoms with E-state index in [9.17, 15) is 5.48 Å². The largest absolute Gasteiger partial charge is 0.456 e. The van der Waals surface area contributed by atoms with Crippen LogP contribution in [0.1, 0.15) is 15.1 Å². The molecule has 0 saturated carbocycles. The van der Waals surface area contributed by atoms with Crippen LogP contribution in [0.4, 0.5) is 17.1 Å². The predicted octanol–water partition coefficient (Wildman–Crippen LogP) is 15.1. The Morgan fingerprint density at radius 1 is 0.472 bits per heavy atom. The molecule has 2 nitrogen and oxygen atoms in total.